The number of aliphatic imine (C=N–C) groups is 1. The second-order valence-corrected chi connectivity index (χ2v) is 10.9. The van der Waals surface area contributed by atoms with Crippen LogP contribution in [0.3, 0.4) is 0 Å². The van der Waals surface area contributed by atoms with E-state index in [-0.39, 0.29) is 29.7 Å². The van der Waals surface area contributed by atoms with E-state index in [9.17, 15) is 9.59 Å². The molecule has 42 heavy (non-hydrogen) atoms. The van der Waals surface area contributed by atoms with Crippen molar-refractivity contribution in [2.24, 2.45) is 16.5 Å². The molecule has 1 saturated heterocycles. The lowest BCUT2D eigenvalue weighted by Crippen LogP contribution is -2.49. The molecule has 0 bridgehead atoms. The summed E-state index contributed by atoms with van der Waals surface area (Å²) in [5.74, 6) is -0.0739. The summed E-state index contributed by atoms with van der Waals surface area (Å²) >= 11 is 5.94. The molecule has 220 valence electrons. The van der Waals surface area contributed by atoms with Gasteiger partial charge in [0.2, 0.25) is 11.8 Å². The molecule has 0 aliphatic carbocycles. The average molecular weight is 587 g/mol. The van der Waals surface area contributed by atoms with Crippen LogP contribution in [-0.4, -0.2) is 60.9 Å². The van der Waals surface area contributed by atoms with Crippen molar-refractivity contribution in [1.29, 1.82) is 0 Å². The van der Waals surface area contributed by atoms with Gasteiger partial charge in [-0.3, -0.25) is 14.6 Å². The quantitative estimate of drug-likeness (QED) is 0.111. The van der Waals surface area contributed by atoms with Crippen LogP contribution < -0.4 is 22.1 Å². The van der Waals surface area contributed by atoms with Gasteiger partial charge in [0.05, 0.1) is 6.04 Å². The Labute approximate surface area is 252 Å². The van der Waals surface area contributed by atoms with Gasteiger partial charge in [-0.15, -0.1) is 0 Å². The Kier molecular flexibility index (Phi) is 11.6. The van der Waals surface area contributed by atoms with E-state index in [1.165, 1.54) is 6.08 Å². The molecule has 0 aromatic heterocycles. The van der Waals surface area contributed by atoms with E-state index in [1.54, 1.807) is 18.2 Å². The number of nitrogens with one attached hydrogen (secondary N) is 2. The Morgan fingerprint density at radius 3 is 2.29 bits per heavy atom. The Balaban J connectivity index is 1.46. The summed E-state index contributed by atoms with van der Waals surface area (Å²) in [6.45, 7) is 1.98. The molecule has 6 N–H and O–H groups in total. The van der Waals surface area contributed by atoms with Crippen LogP contribution >= 0.6 is 11.6 Å². The highest BCUT2D eigenvalue weighted by Gasteiger charge is 2.32. The van der Waals surface area contributed by atoms with E-state index < -0.39 is 6.04 Å². The molecule has 2 unspecified atom stereocenters. The lowest BCUT2D eigenvalue weighted by Gasteiger charge is -2.29. The van der Waals surface area contributed by atoms with Gasteiger partial charge in [0.1, 0.15) is 0 Å². The molecule has 2 amide bonds. The molecule has 0 saturated carbocycles. The number of nitrogens with two attached hydrogens (primary N) is 2. The third-order valence-corrected chi connectivity index (χ3v) is 7.62. The summed E-state index contributed by atoms with van der Waals surface area (Å²) < 4.78 is 0. The SMILES string of the molecule is NC(N)=NCCCC1NC(CNC(=O)/C=C/c2ccc(Cl)cc2)CCN(CC(c2ccccc2)c2ccccc2)C1=O. The summed E-state index contributed by atoms with van der Waals surface area (Å²) in [6, 6.07) is 27.4. The molecule has 3 aromatic rings. The lowest BCUT2D eigenvalue weighted by molar-refractivity contribution is -0.133. The van der Waals surface area contributed by atoms with Crippen molar-refractivity contribution in [3.63, 3.8) is 0 Å². The number of halogens is 1. The molecule has 1 heterocycles. The van der Waals surface area contributed by atoms with Crippen molar-refractivity contribution in [3.8, 4) is 0 Å². The number of rotatable bonds is 12. The van der Waals surface area contributed by atoms with Crippen LogP contribution in [0.5, 0.6) is 0 Å². The van der Waals surface area contributed by atoms with Gasteiger partial charge in [-0.2, -0.15) is 0 Å². The van der Waals surface area contributed by atoms with Crippen LogP contribution in [0.25, 0.3) is 6.08 Å². The van der Waals surface area contributed by atoms with Crippen LogP contribution in [0.1, 0.15) is 41.9 Å². The Morgan fingerprint density at radius 1 is 1.02 bits per heavy atom. The molecule has 1 aliphatic heterocycles. The second-order valence-electron chi connectivity index (χ2n) is 10.4. The summed E-state index contributed by atoms with van der Waals surface area (Å²) in [7, 11) is 0. The maximum atomic E-state index is 13.9. The zero-order chi connectivity index (χ0) is 29.7. The predicted octanol–water partition coefficient (Wildman–Crippen LogP) is 3.91. The zero-order valence-corrected chi connectivity index (χ0v) is 24.4. The van der Waals surface area contributed by atoms with Gasteiger partial charge in [0.25, 0.3) is 0 Å². The van der Waals surface area contributed by atoms with Crippen molar-refractivity contribution >= 4 is 35.5 Å². The van der Waals surface area contributed by atoms with Crippen LogP contribution in [0, 0.1) is 0 Å². The van der Waals surface area contributed by atoms with Gasteiger partial charge < -0.3 is 27.0 Å². The van der Waals surface area contributed by atoms with Crippen molar-refractivity contribution in [2.75, 3.05) is 26.2 Å². The minimum Gasteiger partial charge on any atom is -0.370 e. The van der Waals surface area contributed by atoms with Crippen molar-refractivity contribution in [2.45, 2.75) is 37.3 Å². The third kappa shape index (κ3) is 9.46. The second kappa shape index (κ2) is 15.7. The molecule has 3 aromatic carbocycles. The molecule has 4 rings (SSSR count). The predicted molar refractivity (Wildman–Crippen MR) is 170 cm³/mol. The van der Waals surface area contributed by atoms with Gasteiger partial charge in [0.15, 0.2) is 5.96 Å². The topological polar surface area (TPSA) is 126 Å². The van der Waals surface area contributed by atoms with Gasteiger partial charge >= 0.3 is 0 Å². The van der Waals surface area contributed by atoms with Gasteiger partial charge in [0, 0.05) is 49.2 Å². The highest BCUT2D eigenvalue weighted by Crippen LogP contribution is 2.27. The van der Waals surface area contributed by atoms with Gasteiger partial charge in [-0.1, -0.05) is 84.4 Å². The smallest absolute Gasteiger partial charge is 0.244 e. The van der Waals surface area contributed by atoms with Crippen LogP contribution in [0.15, 0.2) is 96.0 Å². The molecular weight excluding hydrogens is 548 g/mol. The van der Waals surface area contributed by atoms with Crippen molar-refractivity contribution in [3.05, 3.63) is 113 Å². The summed E-state index contributed by atoms with van der Waals surface area (Å²) in [6.07, 6.45) is 5.19. The molecule has 1 aliphatic rings. The summed E-state index contributed by atoms with van der Waals surface area (Å²) in [4.78, 5) is 32.5. The highest BCUT2D eigenvalue weighted by atomic mass is 35.5. The molecule has 0 spiro atoms. The van der Waals surface area contributed by atoms with E-state index in [4.69, 9.17) is 23.1 Å². The number of carbonyl (C=O) groups excluding carboxylic acids is 2. The first-order chi connectivity index (χ1) is 20.4. The standard InChI is InChI=1S/C33H39ClN6O2/c34-27-16-13-24(14-17-27)15-18-31(41)38-22-28-19-21-40(32(42)30(39-28)12-7-20-37-33(35)36)23-29(25-8-3-1-4-9-25)26-10-5-2-6-11-26/h1-6,8-11,13-18,28-30,39H,7,12,19-23H2,(H,38,41)(H4,35,36,37)/b18-15+. The average Bonchev–Trinajstić information content (AvgIpc) is 3.15. The fourth-order valence-electron chi connectivity index (χ4n) is 5.16. The molecule has 8 nitrogen and oxygen atoms in total. The minimum absolute atomic E-state index is 0.0351. The van der Waals surface area contributed by atoms with Crippen LogP contribution in [0.2, 0.25) is 5.02 Å². The molecule has 2 atom stereocenters. The van der Waals surface area contributed by atoms with E-state index >= 15 is 0 Å². The number of nitrogens with zero attached hydrogens (tertiary/aromatic N) is 2. The first kappa shape index (κ1) is 30.8. The first-order valence-corrected chi connectivity index (χ1v) is 14.7. The zero-order valence-electron chi connectivity index (χ0n) is 23.7. The van der Waals surface area contributed by atoms with Crippen molar-refractivity contribution < 1.29 is 9.59 Å². The monoisotopic (exact) mass is 586 g/mol. The molecule has 0 radical (unpaired) electrons. The van der Waals surface area contributed by atoms with E-state index in [0.717, 1.165) is 16.7 Å². The van der Waals surface area contributed by atoms with E-state index in [2.05, 4.69) is 39.9 Å². The first-order valence-electron chi connectivity index (χ1n) is 14.3. The number of amides is 2. The molecule has 1 fully saturated rings. The highest BCUT2D eigenvalue weighted by molar-refractivity contribution is 6.30. The Hall–Kier alpha value is -4.14. The largest absolute Gasteiger partial charge is 0.370 e. The summed E-state index contributed by atoms with van der Waals surface area (Å²) in [5, 5.41) is 7.15. The van der Waals surface area contributed by atoms with E-state index in [1.807, 2.05) is 53.4 Å². The Morgan fingerprint density at radius 2 is 1.67 bits per heavy atom. The normalized spacial score (nSPS) is 17.3. The number of carbonyl (C=O) groups is 2. The number of hydrogen-bond donors (Lipinski definition) is 4. The van der Waals surface area contributed by atoms with Crippen molar-refractivity contribution in [1.82, 2.24) is 15.5 Å². The fraction of sp³-hybridized carbons (Fsp3) is 0.303. The number of guanidine groups is 1. The Bertz CT molecular complexity index is 1300. The number of benzene rings is 3. The minimum atomic E-state index is -0.416. The summed E-state index contributed by atoms with van der Waals surface area (Å²) in [5.41, 5.74) is 14.2. The lowest BCUT2D eigenvalue weighted by atomic mass is 9.90. The molecule has 9 heteroatoms. The van der Waals surface area contributed by atoms with Gasteiger partial charge in [-0.05, 0) is 54.2 Å². The van der Waals surface area contributed by atoms with E-state index in [0.29, 0.717) is 50.5 Å². The fourth-order valence-corrected chi connectivity index (χ4v) is 5.28. The maximum absolute atomic E-state index is 13.9. The van der Waals surface area contributed by atoms with Gasteiger partial charge in [-0.25, -0.2) is 0 Å². The maximum Gasteiger partial charge on any atom is 0.244 e. The van der Waals surface area contributed by atoms with Crippen LogP contribution in [-0.2, 0) is 9.59 Å². The molecular formula is C33H39ClN6O2. The number of hydrogen-bond acceptors (Lipinski definition) is 4. The third-order valence-electron chi connectivity index (χ3n) is 7.37. The van der Waals surface area contributed by atoms with Crippen LogP contribution in [0.4, 0.5) is 0 Å².